The molecule has 0 bridgehead atoms. The molecule has 2 heterocycles. The van der Waals surface area contributed by atoms with E-state index in [4.69, 9.17) is 31.3 Å². The molecule has 2 saturated heterocycles. The average Bonchev–Trinajstić information content (AvgIpc) is 3.16. The van der Waals surface area contributed by atoms with Crippen LogP contribution in [0.5, 0.6) is 0 Å². The van der Waals surface area contributed by atoms with Crippen molar-refractivity contribution in [2.75, 3.05) is 26.2 Å². The molecule has 8 nitrogen and oxygen atoms in total. The van der Waals surface area contributed by atoms with E-state index >= 15 is 0 Å². The zero-order chi connectivity index (χ0) is 36.1. The third-order valence-electron chi connectivity index (χ3n) is 6.32. The number of esters is 1. The number of fused-ring (bicyclic) bond motifs is 1. The molecular formula is C30H40NNaO7S. The van der Waals surface area contributed by atoms with Gasteiger partial charge in [-0.1, -0.05) is 61.9 Å². The first-order valence-corrected chi connectivity index (χ1v) is 14.1. The molecule has 5 atom stereocenters. The average molecular weight is 591 g/mol. The fourth-order valence-electron chi connectivity index (χ4n) is 4.36. The quantitative estimate of drug-likeness (QED) is 0.198. The number of hydrogen-bond donors (Lipinski definition) is 0. The summed E-state index contributed by atoms with van der Waals surface area (Å²) in [6.45, 7) is -1.59. The Morgan fingerprint density at radius 1 is 1.15 bits per heavy atom. The third-order valence-corrected chi connectivity index (χ3v) is 8.17. The van der Waals surface area contributed by atoms with Gasteiger partial charge in [0.05, 0.1) is 38.6 Å². The van der Waals surface area contributed by atoms with E-state index in [0.29, 0.717) is 5.56 Å². The van der Waals surface area contributed by atoms with Gasteiger partial charge in [0.2, 0.25) is 10.0 Å². The molecule has 0 spiro atoms. The number of nitrogens with zero attached hydrogens (tertiary/aromatic N) is 1. The first-order valence-electron chi connectivity index (χ1n) is 17.1. The van der Waals surface area contributed by atoms with Crippen molar-refractivity contribution in [2.24, 2.45) is 17.7 Å². The van der Waals surface area contributed by atoms with E-state index in [0.717, 1.165) is 5.56 Å². The summed E-state index contributed by atoms with van der Waals surface area (Å²) in [6.07, 6.45) is -12.3. The molecule has 2 aromatic rings. The minimum atomic E-state index is -4.07. The van der Waals surface area contributed by atoms with Crippen LogP contribution in [-0.2, 0) is 40.2 Å². The SMILES string of the molecule is [2H]C1([2H])O[C@]2([2H])OC([2H])([2H])[C@]([2H])(OC(=O)C[C@@H](Cc3ccccc3)[C@@H](CN(CC(C)C)S(=O)(=O)c3ccc(C)cc3)O[CH2-])[C@]2([2H])C1([2H])[2H].[Na+]. The van der Waals surface area contributed by atoms with Crippen LogP contribution in [0.4, 0.5) is 0 Å². The van der Waals surface area contributed by atoms with Crippen LogP contribution in [-0.4, -0.2) is 63.3 Å². The van der Waals surface area contributed by atoms with Crippen molar-refractivity contribution in [2.45, 2.75) is 63.3 Å². The molecule has 2 aliphatic rings. The Kier molecular flexibility index (Phi) is 8.49. The number of carbonyl (C=O) groups is 1. The Balaban J connectivity index is 0.00000650. The molecule has 0 N–H and O–H groups in total. The Labute approximate surface area is 273 Å². The predicted molar refractivity (Wildman–Crippen MR) is 147 cm³/mol. The molecule has 10 heteroatoms. The molecule has 0 amide bonds. The van der Waals surface area contributed by atoms with Gasteiger partial charge in [0.15, 0.2) is 6.27 Å². The molecule has 2 aliphatic heterocycles. The van der Waals surface area contributed by atoms with E-state index in [1.54, 1.807) is 42.5 Å². The second-order valence-electron chi connectivity index (χ2n) is 9.89. The van der Waals surface area contributed by atoms with Gasteiger partial charge in [-0.2, -0.15) is 4.31 Å². The van der Waals surface area contributed by atoms with Crippen LogP contribution < -0.4 is 29.6 Å². The Bertz CT molecular complexity index is 1590. The second kappa shape index (κ2) is 15.3. The van der Waals surface area contributed by atoms with Crippen LogP contribution in [0.15, 0.2) is 59.5 Å². The van der Waals surface area contributed by atoms with Crippen LogP contribution >= 0.6 is 0 Å². The number of benzene rings is 2. The van der Waals surface area contributed by atoms with Crippen molar-refractivity contribution in [1.29, 1.82) is 0 Å². The summed E-state index contributed by atoms with van der Waals surface area (Å²) in [6, 6.07) is 15.1. The zero-order valence-electron chi connectivity index (χ0n) is 32.2. The maximum absolute atomic E-state index is 13.8. The van der Waals surface area contributed by atoms with E-state index in [1.165, 1.54) is 16.4 Å². The minimum absolute atomic E-state index is 0. The van der Waals surface area contributed by atoms with Crippen molar-refractivity contribution >= 4 is 16.0 Å². The molecule has 0 aromatic heterocycles. The summed E-state index contributed by atoms with van der Waals surface area (Å²) in [5.41, 5.74) is 1.56. The predicted octanol–water partition coefficient (Wildman–Crippen LogP) is 1.38. The van der Waals surface area contributed by atoms with E-state index in [9.17, 15) is 13.2 Å². The largest absolute Gasteiger partial charge is 1.00 e. The van der Waals surface area contributed by atoms with Gasteiger partial charge in [0, 0.05) is 23.3 Å². The van der Waals surface area contributed by atoms with E-state index < -0.39 is 72.2 Å². The van der Waals surface area contributed by atoms with Crippen molar-refractivity contribution in [3.05, 3.63) is 72.8 Å². The van der Waals surface area contributed by atoms with E-state index in [-0.39, 0.29) is 59.9 Å². The second-order valence-corrected chi connectivity index (χ2v) is 11.8. The van der Waals surface area contributed by atoms with Crippen molar-refractivity contribution in [1.82, 2.24) is 4.31 Å². The van der Waals surface area contributed by atoms with Crippen molar-refractivity contribution in [3.63, 3.8) is 0 Å². The van der Waals surface area contributed by atoms with Gasteiger partial charge in [0.25, 0.3) is 0 Å². The van der Waals surface area contributed by atoms with E-state index in [1.807, 2.05) is 20.8 Å². The standard InChI is InChI=1S/C30H40NO7S.Na/c1-21(2)18-31(39(33,34)25-12-10-22(3)11-13-25)19-27(35-4)24(16-23-8-6-5-7-9-23)17-29(32)38-28-20-37-30-26(28)14-15-36-30;/h5-13,21,24,26-28,30H,4,14-20H2,1-3H3;/q-1;+1/t24-,26+,27-,28+,30-;/m1./s1/i14D2,15D2,20D2,26D,28D,30D;. The molecule has 0 radical (unpaired) electrons. The number of aryl methyl sites for hydroxylation is 1. The van der Waals surface area contributed by atoms with Gasteiger partial charge in [-0.25, -0.2) is 15.5 Å². The van der Waals surface area contributed by atoms with Crippen LogP contribution in [0, 0.1) is 31.8 Å². The molecule has 40 heavy (non-hydrogen) atoms. The molecular weight excluding hydrogens is 541 g/mol. The maximum atomic E-state index is 13.8. The Hall–Kier alpha value is -1.30. The van der Waals surface area contributed by atoms with E-state index in [2.05, 4.69) is 7.11 Å². The number of rotatable bonds is 13. The Morgan fingerprint density at radius 2 is 1.85 bits per heavy atom. The van der Waals surface area contributed by atoms with Gasteiger partial charge < -0.3 is 18.9 Å². The first-order chi connectivity index (χ1) is 22.0. The first kappa shape index (κ1) is 22.3. The zero-order valence-corrected chi connectivity index (χ0v) is 26.0. The molecule has 214 valence electrons. The fourth-order valence-corrected chi connectivity index (χ4v) is 5.98. The van der Waals surface area contributed by atoms with Crippen molar-refractivity contribution in [3.8, 4) is 0 Å². The number of carbonyl (C=O) groups excluding carboxylic acids is 1. The number of ether oxygens (including phenoxy) is 4. The summed E-state index contributed by atoms with van der Waals surface area (Å²) in [5.74, 6) is -5.95. The summed E-state index contributed by atoms with van der Waals surface area (Å²) in [5, 5.41) is 0. The molecule has 0 aliphatic carbocycles. The van der Waals surface area contributed by atoms with Gasteiger partial charge in [-0.15, -0.1) is 0 Å². The monoisotopic (exact) mass is 590 g/mol. The van der Waals surface area contributed by atoms with Gasteiger partial charge in [-0.3, -0.25) is 4.79 Å². The number of hydrogen-bond acceptors (Lipinski definition) is 7. The maximum Gasteiger partial charge on any atom is 1.00 e. The summed E-state index contributed by atoms with van der Waals surface area (Å²) < 4.78 is 124. The summed E-state index contributed by atoms with van der Waals surface area (Å²) in [4.78, 5) is 13.7. The normalized spacial score (nSPS) is 34.7. The topological polar surface area (TPSA) is 91.4 Å². The number of sulfonamides is 1. The van der Waals surface area contributed by atoms with Gasteiger partial charge >= 0.3 is 35.5 Å². The molecule has 0 unspecified atom stereocenters. The van der Waals surface area contributed by atoms with Gasteiger partial charge in [-0.05, 0) is 49.2 Å². The van der Waals surface area contributed by atoms with Crippen LogP contribution in [0.1, 0.15) is 50.1 Å². The molecule has 4 rings (SSSR count). The van der Waals surface area contributed by atoms with Crippen LogP contribution in [0.3, 0.4) is 0 Å². The minimum Gasteiger partial charge on any atom is -0.552 e. The summed E-state index contributed by atoms with van der Waals surface area (Å²) >= 11 is 0. The van der Waals surface area contributed by atoms with Crippen molar-refractivity contribution < 1.29 is 74.1 Å². The molecule has 0 saturated carbocycles. The van der Waals surface area contributed by atoms with Crippen LogP contribution in [0.25, 0.3) is 0 Å². The van der Waals surface area contributed by atoms with Crippen LogP contribution in [0.2, 0.25) is 0 Å². The third kappa shape index (κ3) is 8.61. The smallest absolute Gasteiger partial charge is 0.552 e. The van der Waals surface area contributed by atoms with Gasteiger partial charge in [0.1, 0.15) is 6.08 Å². The molecule has 2 aromatic carbocycles. The fraction of sp³-hybridized carbons (Fsp3) is 0.533. The Morgan fingerprint density at radius 3 is 2.50 bits per heavy atom. The molecule has 2 fully saturated rings. The summed E-state index contributed by atoms with van der Waals surface area (Å²) in [7, 11) is -0.529.